The molecule has 0 bridgehead atoms. The summed E-state index contributed by atoms with van der Waals surface area (Å²) in [7, 11) is 1.60. The van der Waals surface area contributed by atoms with Gasteiger partial charge in [-0.25, -0.2) is 4.98 Å². The molecule has 0 unspecified atom stereocenters. The fraction of sp³-hybridized carbons (Fsp3) is 0.263. The lowest BCUT2D eigenvalue weighted by Crippen LogP contribution is -2.33. The van der Waals surface area contributed by atoms with Gasteiger partial charge >= 0.3 is 0 Å². The van der Waals surface area contributed by atoms with Crippen LogP contribution in [0.15, 0.2) is 42.9 Å². The number of anilines is 1. The van der Waals surface area contributed by atoms with Crippen LogP contribution in [0.3, 0.4) is 0 Å². The van der Waals surface area contributed by atoms with Crippen molar-refractivity contribution >= 4 is 11.6 Å². The highest BCUT2D eigenvalue weighted by atomic mass is 16.5. The third kappa shape index (κ3) is 2.50. The maximum Gasteiger partial charge on any atom is 0.257 e. The highest BCUT2D eigenvalue weighted by molar-refractivity contribution is 6.09. The van der Waals surface area contributed by atoms with E-state index in [2.05, 4.69) is 33.7 Å². The number of carbonyl (C=O) groups is 1. The SMILES string of the molecule is COc1cccc(NC(=O)c2c[nH]c3c2-c2nccn2C(C)(C)C3)c1. The Morgan fingerprint density at radius 3 is 3.04 bits per heavy atom. The number of carbonyl (C=O) groups excluding carboxylic acids is 1. The van der Waals surface area contributed by atoms with Crippen molar-refractivity contribution in [2.75, 3.05) is 12.4 Å². The highest BCUT2D eigenvalue weighted by Crippen LogP contribution is 2.38. The van der Waals surface area contributed by atoms with E-state index in [4.69, 9.17) is 4.74 Å². The molecule has 1 aliphatic heterocycles. The zero-order valence-corrected chi connectivity index (χ0v) is 14.5. The van der Waals surface area contributed by atoms with Crippen LogP contribution in [-0.4, -0.2) is 27.6 Å². The van der Waals surface area contributed by atoms with Gasteiger partial charge in [0.15, 0.2) is 0 Å². The number of methoxy groups -OCH3 is 1. The Kier molecular flexibility index (Phi) is 3.42. The Hall–Kier alpha value is -3.02. The lowest BCUT2D eigenvalue weighted by atomic mass is 9.90. The molecular weight excluding hydrogens is 316 g/mol. The van der Waals surface area contributed by atoms with Crippen LogP contribution in [0.5, 0.6) is 5.75 Å². The number of hydrogen-bond donors (Lipinski definition) is 2. The molecule has 0 saturated heterocycles. The van der Waals surface area contributed by atoms with E-state index >= 15 is 0 Å². The Bertz CT molecular complexity index is 952. The van der Waals surface area contributed by atoms with Gasteiger partial charge in [0.25, 0.3) is 5.91 Å². The zero-order chi connectivity index (χ0) is 17.6. The van der Waals surface area contributed by atoms with E-state index in [1.54, 1.807) is 25.6 Å². The van der Waals surface area contributed by atoms with Crippen molar-refractivity contribution in [3.05, 3.63) is 54.1 Å². The number of imidazole rings is 1. The van der Waals surface area contributed by atoms with Gasteiger partial charge in [-0.3, -0.25) is 4.79 Å². The van der Waals surface area contributed by atoms with Crippen molar-refractivity contribution in [1.82, 2.24) is 14.5 Å². The normalized spacial score (nSPS) is 14.5. The van der Waals surface area contributed by atoms with E-state index in [-0.39, 0.29) is 11.4 Å². The van der Waals surface area contributed by atoms with Gasteiger partial charge in [-0.15, -0.1) is 0 Å². The lowest BCUT2D eigenvalue weighted by molar-refractivity contribution is 0.102. The number of rotatable bonds is 3. The van der Waals surface area contributed by atoms with Crippen LogP contribution in [-0.2, 0) is 12.0 Å². The van der Waals surface area contributed by atoms with Crippen molar-refractivity contribution < 1.29 is 9.53 Å². The molecule has 0 fully saturated rings. The molecular formula is C19H20N4O2. The molecule has 1 aliphatic rings. The third-order valence-corrected chi connectivity index (χ3v) is 4.66. The van der Waals surface area contributed by atoms with E-state index in [1.807, 2.05) is 24.4 Å². The monoisotopic (exact) mass is 336 g/mol. The number of benzene rings is 1. The average Bonchev–Trinajstić information content (AvgIpc) is 3.21. The standard InChI is InChI=1S/C19H20N4O2/c1-19(2)10-15-16(17-20-7-8-23(17)19)14(11-21-15)18(24)22-12-5-4-6-13(9-12)25-3/h4-9,11,21H,10H2,1-3H3,(H,22,24). The minimum Gasteiger partial charge on any atom is -0.497 e. The molecule has 128 valence electrons. The molecule has 6 heteroatoms. The number of hydrogen-bond acceptors (Lipinski definition) is 3. The molecule has 0 atom stereocenters. The molecule has 2 aromatic heterocycles. The number of aromatic nitrogens is 3. The number of ether oxygens (including phenoxy) is 1. The third-order valence-electron chi connectivity index (χ3n) is 4.66. The van der Waals surface area contributed by atoms with E-state index in [0.717, 1.165) is 23.5 Å². The molecule has 0 radical (unpaired) electrons. The highest BCUT2D eigenvalue weighted by Gasteiger charge is 2.34. The Morgan fingerprint density at radius 2 is 2.24 bits per heavy atom. The van der Waals surface area contributed by atoms with E-state index < -0.39 is 0 Å². The predicted molar refractivity (Wildman–Crippen MR) is 96.0 cm³/mol. The summed E-state index contributed by atoms with van der Waals surface area (Å²) < 4.78 is 7.34. The van der Waals surface area contributed by atoms with Crippen molar-refractivity contribution in [1.29, 1.82) is 0 Å². The Balaban J connectivity index is 1.70. The van der Waals surface area contributed by atoms with Crippen LogP contribution in [0.2, 0.25) is 0 Å². The second-order valence-electron chi connectivity index (χ2n) is 6.85. The van der Waals surface area contributed by atoms with E-state index in [9.17, 15) is 4.79 Å². The van der Waals surface area contributed by atoms with Crippen LogP contribution in [0.25, 0.3) is 11.4 Å². The molecule has 0 aliphatic carbocycles. The Labute approximate surface area is 145 Å². The molecule has 2 N–H and O–H groups in total. The van der Waals surface area contributed by atoms with Gasteiger partial charge in [-0.2, -0.15) is 0 Å². The second-order valence-corrected chi connectivity index (χ2v) is 6.85. The molecule has 3 heterocycles. The lowest BCUT2D eigenvalue weighted by Gasteiger charge is -2.32. The van der Waals surface area contributed by atoms with E-state index in [1.165, 1.54) is 0 Å². The Morgan fingerprint density at radius 1 is 1.40 bits per heavy atom. The van der Waals surface area contributed by atoms with Gasteiger partial charge in [0, 0.05) is 48.0 Å². The van der Waals surface area contributed by atoms with Crippen molar-refractivity contribution in [3.63, 3.8) is 0 Å². The summed E-state index contributed by atoms with van der Waals surface area (Å²) in [6, 6.07) is 7.31. The van der Waals surface area contributed by atoms with Crippen molar-refractivity contribution in [2.45, 2.75) is 25.8 Å². The summed E-state index contributed by atoms with van der Waals surface area (Å²) in [5.74, 6) is 1.36. The maximum absolute atomic E-state index is 12.8. The van der Waals surface area contributed by atoms with Crippen LogP contribution >= 0.6 is 0 Å². The number of aromatic amines is 1. The quantitative estimate of drug-likeness (QED) is 0.770. The van der Waals surface area contributed by atoms with Gasteiger partial charge in [0.1, 0.15) is 11.6 Å². The van der Waals surface area contributed by atoms with Gasteiger partial charge in [-0.05, 0) is 26.0 Å². The number of H-pyrrole nitrogens is 1. The second kappa shape index (κ2) is 5.51. The van der Waals surface area contributed by atoms with Gasteiger partial charge in [-0.1, -0.05) is 6.07 Å². The first-order valence-electron chi connectivity index (χ1n) is 8.19. The minimum atomic E-state index is -0.167. The molecule has 25 heavy (non-hydrogen) atoms. The van der Waals surface area contributed by atoms with Gasteiger partial charge in [0.2, 0.25) is 0 Å². The minimum absolute atomic E-state index is 0.0791. The maximum atomic E-state index is 12.8. The summed E-state index contributed by atoms with van der Waals surface area (Å²) in [5.41, 5.74) is 3.13. The topological polar surface area (TPSA) is 71.9 Å². The largest absolute Gasteiger partial charge is 0.497 e. The zero-order valence-electron chi connectivity index (χ0n) is 14.5. The summed E-state index contributed by atoms with van der Waals surface area (Å²) in [5, 5.41) is 2.94. The molecule has 0 spiro atoms. The molecule has 4 rings (SSSR count). The molecule has 1 aromatic carbocycles. The van der Waals surface area contributed by atoms with Crippen LogP contribution < -0.4 is 10.1 Å². The summed E-state index contributed by atoms with van der Waals surface area (Å²) >= 11 is 0. The average molecular weight is 336 g/mol. The predicted octanol–water partition coefficient (Wildman–Crippen LogP) is 3.43. The first kappa shape index (κ1) is 15.5. The molecule has 1 amide bonds. The molecule has 6 nitrogen and oxygen atoms in total. The van der Waals surface area contributed by atoms with Crippen molar-refractivity contribution in [3.8, 4) is 17.1 Å². The smallest absolute Gasteiger partial charge is 0.257 e. The first-order valence-corrected chi connectivity index (χ1v) is 8.19. The number of nitrogens with one attached hydrogen (secondary N) is 2. The van der Waals surface area contributed by atoms with E-state index in [0.29, 0.717) is 17.0 Å². The molecule has 3 aromatic rings. The van der Waals surface area contributed by atoms with Gasteiger partial charge < -0.3 is 19.6 Å². The number of fused-ring (bicyclic) bond motifs is 3. The number of nitrogens with zero attached hydrogens (tertiary/aromatic N) is 2. The van der Waals surface area contributed by atoms with Crippen LogP contribution in [0.1, 0.15) is 29.9 Å². The fourth-order valence-corrected chi connectivity index (χ4v) is 3.43. The number of amides is 1. The van der Waals surface area contributed by atoms with Gasteiger partial charge in [0.05, 0.1) is 18.2 Å². The van der Waals surface area contributed by atoms with Crippen molar-refractivity contribution in [2.24, 2.45) is 0 Å². The summed E-state index contributed by atoms with van der Waals surface area (Å²) in [6.45, 7) is 4.33. The molecule has 0 saturated carbocycles. The first-order chi connectivity index (χ1) is 12.0. The van der Waals surface area contributed by atoms with Crippen LogP contribution in [0, 0.1) is 0 Å². The summed E-state index contributed by atoms with van der Waals surface area (Å²) in [4.78, 5) is 20.6. The summed E-state index contributed by atoms with van der Waals surface area (Å²) in [6.07, 6.45) is 6.33. The van der Waals surface area contributed by atoms with Crippen LogP contribution in [0.4, 0.5) is 5.69 Å². The fourth-order valence-electron chi connectivity index (χ4n) is 3.43.